The zero-order valence-electron chi connectivity index (χ0n) is 11.4. The minimum Gasteiger partial charge on any atom is -0.469 e. The highest BCUT2D eigenvalue weighted by molar-refractivity contribution is 8.00. The van der Waals surface area contributed by atoms with Crippen molar-refractivity contribution in [3.8, 4) is 0 Å². The van der Waals surface area contributed by atoms with Gasteiger partial charge in [0, 0.05) is 23.5 Å². The molecule has 0 aliphatic carbocycles. The zero-order chi connectivity index (χ0) is 13.5. The van der Waals surface area contributed by atoms with Crippen LogP contribution in [0.15, 0.2) is 0 Å². The van der Waals surface area contributed by atoms with Crippen molar-refractivity contribution in [3.05, 3.63) is 0 Å². The highest BCUT2D eigenvalue weighted by Crippen LogP contribution is 2.35. The van der Waals surface area contributed by atoms with Crippen LogP contribution in [0.5, 0.6) is 0 Å². The minimum atomic E-state index is -0.0991. The molecule has 0 aromatic rings. The normalized spacial score (nSPS) is 26.9. The third-order valence-electron chi connectivity index (χ3n) is 3.45. The Labute approximate surface area is 119 Å². The van der Waals surface area contributed by atoms with Gasteiger partial charge in [0.2, 0.25) is 0 Å². The van der Waals surface area contributed by atoms with E-state index in [4.69, 9.17) is 12.2 Å². The molecule has 1 rings (SSSR count). The van der Waals surface area contributed by atoms with Crippen LogP contribution in [-0.2, 0) is 9.53 Å². The fourth-order valence-corrected chi connectivity index (χ4v) is 4.11. The Morgan fingerprint density at radius 2 is 2.22 bits per heavy atom. The Hall–Kier alpha value is -0.290. The zero-order valence-corrected chi connectivity index (χ0v) is 13.0. The summed E-state index contributed by atoms with van der Waals surface area (Å²) in [4.78, 5) is 11.9. The first-order valence-electron chi connectivity index (χ1n) is 6.50. The molecular formula is C13H23NO2S2. The molecule has 0 aromatic carbocycles. The monoisotopic (exact) mass is 289 g/mol. The van der Waals surface area contributed by atoms with E-state index in [1.807, 2.05) is 18.7 Å². The molecule has 0 spiro atoms. The van der Waals surface area contributed by atoms with E-state index >= 15 is 0 Å². The molecule has 1 saturated heterocycles. The SMILES string of the molecule is COC(=O)CCCC[C@@H]1SC[C@H](NC(C)=S)[C@@H]1C. The van der Waals surface area contributed by atoms with E-state index in [9.17, 15) is 4.79 Å². The maximum absolute atomic E-state index is 11.0. The van der Waals surface area contributed by atoms with Crippen molar-refractivity contribution in [1.82, 2.24) is 5.32 Å². The van der Waals surface area contributed by atoms with Gasteiger partial charge in [0.25, 0.3) is 0 Å². The van der Waals surface area contributed by atoms with Crippen LogP contribution in [0.25, 0.3) is 0 Å². The van der Waals surface area contributed by atoms with E-state index in [-0.39, 0.29) is 5.97 Å². The summed E-state index contributed by atoms with van der Waals surface area (Å²) in [7, 11) is 1.45. The first kappa shape index (κ1) is 15.8. The standard InChI is InChI=1S/C13H23NO2S2/c1-9-11(14-10(2)17)8-18-12(9)6-4-5-7-13(15)16-3/h9,11-12H,4-8H2,1-3H3,(H,14,17)/t9-,11-,12-/m0/s1. The van der Waals surface area contributed by atoms with Crippen molar-refractivity contribution >= 4 is 34.9 Å². The molecule has 3 atom stereocenters. The Morgan fingerprint density at radius 3 is 2.83 bits per heavy atom. The first-order chi connectivity index (χ1) is 8.54. The van der Waals surface area contributed by atoms with E-state index in [1.54, 1.807) is 0 Å². The highest BCUT2D eigenvalue weighted by atomic mass is 32.2. The molecule has 1 aliphatic heterocycles. The van der Waals surface area contributed by atoms with Gasteiger partial charge in [0.1, 0.15) is 0 Å². The Balaban J connectivity index is 2.20. The number of carbonyl (C=O) groups is 1. The van der Waals surface area contributed by atoms with Crippen LogP contribution in [-0.4, -0.2) is 35.1 Å². The lowest BCUT2D eigenvalue weighted by molar-refractivity contribution is -0.140. The van der Waals surface area contributed by atoms with Crippen LogP contribution < -0.4 is 5.32 Å². The van der Waals surface area contributed by atoms with Gasteiger partial charge in [-0.25, -0.2) is 0 Å². The summed E-state index contributed by atoms with van der Waals surface area (Å²) in [5.41, 5.74) is 0. The molecular weight excluding hydrogens is 266 g/mol. The Morgan fingerprint density at radius 1 is 1.50 bits per heavy atom. The second-order valence-electron chi connectivity index (χ2n) is 4.86. The van der Waals surface area contributed by atoms with E-state index in [0.29, 0.717) is 23.6 Å². The third kappa shape index (κ3) is 5.14. The molecule has 1 fully saturated rings. The van der Waals surface area contributed by atoms with Gasteiger partial charge in [0.05, 0.1) is 12.1 Å². The summed E-state index contributed by atoms with van der Waals surface area (Å²) in [6.07, 6.45) is 3.75. The number of carbonyl (C=O) groups excluding carboxylic acids is 1. The van der Waals surface area contributed by atoms with Crippen molar-refractivity contribution in [3.63, 3.8) is 0 Å². The molecule has 1 aliphatic rings. The number of thiocarbonyl (C=S) groups is 1. The Kier molecular flexibility index (Phi) is 7.00. The van der Waals surface area contributed by atoms with E-state index < -0.39 is 0 Å². The molecule has 1 heterocycles. The van der Waals surface area contributed by atoms with E-state index in [2.05, 4.69) is 17.0 Å². The fraction of sp³-hybridized carbons (Fsp3) is 0.846. The van der Waals surface area contributed by atoms with Crippen LogP contribution >= 0.6 is 24.0 Å². The summed E-state index contributed by atoms with van der Waals surface area (Å²) in [6.45, 7) is 4.23. The van der Waals surface area contributed by atoms with Gasteiger partial charge in [-0.3, -0.25) is 4.79 Å². The fourth-order valence-electron chi connectivity index (χ4n) is 2.29. The summed E-state index contributed by atoms with van der Waals surface area (Å²) >= 11 is 7.13. The lowest BCUT2D eigenvalue weighted by Gasteiger charge is -2.20. The molecule has 0 unspecified atom stereocenters. The summed E-state index contributed by atoms with van der Waals surface area (Å²) < 4.78 is 4.64. The van der Waals surface area contributed by atoms with Gasteiger partial charge in [-0.1, -0.05) is 25.6 Å². The minimum absolute atomic E-state index is 0.0991. The molecule has 0 radical (unpaired) electrons. The number of rotatable bonds is 6. The first-order valence-corrected chi connectivity index (χ1v) is 7.95. The van der Waals surface area contributed by atoms with E-state index in [0.717, 1.165) is 23.6 Å². The highest BCUT2D eigenvalue weighted by Gasteiger charge is 2.32. The van der Waals surface area contributed by atoms with Crippen molar-refractivity contribution in [2.24, 2.45) is 5.92 Å². The number of esters is 1. The number of hydrogen-bond donors (Lipinski definition) is 1. The van der Waals surface area contributed by atoms with Gasteiger partial charge in [-0.05, 0) is 25.7 Å². The maximum atomic E-state index is 11.0. The number of hydrogen-bond acceptors (Lipinski definition) is 4. The van der Waals surface area contributed by atoms with Crippen molar-refractivity contribution in [2.75, 3.05) is 12.9 Å². The molecule has 5 heteroatoms. The van der Waals surface area contributed by atoms with Gasteiger partial charge in [-0.2, -0.15) is 11.8 Å². The van der Waals surface area contributed by atoms with Crippen molar-refractivity contribution < 1.29 is 9.53 Å². The van der Waals surface area contributed by atoms with Crippen molar-refractivity contribution in [1.29, 1.82) is 0 Å². The number of methoxy groups -OCH3 is 1. The number of ether oxygens (including phenoxy) is 1. The number of nitrogens with one attached hydrogen (secondary N) is 1. The van der Waals surface area contributed by atoms with Crippen molar-refractivity contribution in [2.45, 2.75) is 50.8 Å². The van der Waals surface area contributed by atoms with Gasteiger partial charge in [0.15, 0.2) is 0 Å². The quantitative estimate of drug-likeness (QED) is 0.462. The molecule has 3 nitrogen and oxygen atoms in total. The molecule has 0 bridgehead atoms. The molecule has 104 valence electrons. The summed E-state index contributed by atoms with van der Waals surface area (Å²) in [5.74, 6) is 1.68. The van der Waals surface area contributed by atoms with E-state index in [1.165, 1.54) is 13.5 Å². The smallest absolute Gasteiger partial charge is 0.305 e. The Bertz CT molecular complexity index is 297. The van der Waals surface area contributed by atoms with Crippen LogP contribution in [0.1, 0.15) is 39.5 Å². The average Bonchev–Trinajstić information content (AvgIpc) is 2.66. The maximum Gasteiger partial charge on any atom is 0.305 e. The van der Waals surface area contributed by atoms with Crippen LogP contribution in [0.2, 0.25) is 0 Å². The molecule has 18 heavy (non-hydrogen) atoms. The lowest BCUT2D eigenvalue weighted by Crippen LogP contribution is -2.37. The predicted molar refractivity (Wildman–Crippen MR) is 81.1 cm³/mol. The lowest BCUT2D eigenvalue weighted by atomic mass is 9.96. The molecule has 0 aromatic heterocycles. The molecule has 1 N–H and O–H groups in total. The van der Waals surface area contributed by atoms with Crippen LogP contribution in [0.4, 0.5) is 0 Å². The van der Waals surface area contributed by atoms with Crippen LogP contribution in [0, 0.1) is 5.92 Å². The topological polar surface area (TPSA) is 38.3 Å². The number of unbranched alkanes of at least 4 members (excludes halogenated alkanes) is 1. The van der Waals surface area contributed by atoms with Gasteiger partial charge < -0.3 is 10.1 Å². The summed E-state index contributed by atoms with van der Waals surface area (Å²) in [5, 5.41) is 4.07. The molecule has 0 saturated carbocycles. The second kappa shape index (κ2) is 8.00. The largest absolute Gasteiger partial charge is 0.469 e. The number of thioether (sulfide) groups is 1. The predicted octanol–water partition coefficient (Wildman–Crippen LogP) is 2.78. The second-order valence-corrected chi connectivity index (χ2v) is 6.74. The third-order valence-corrected chi connectivity index (χ3v) is 5.21. The van der Waals surface area contributed by atoms with Gasteiger partial charge >= 0.3 is 5.97 Å². The summed E-state index contributed by atoms with van der Waals surface area (Å²) in [6, 6.07) is 0.512. The van der Waals surface area contributed by atoms with Crippen LogP contribution in [0.3, 0.4) is 0 Å². The average molecular weight is 289 g/mol. The van der Waals surface area contributed by atoms with Gasteiger partial charge in [-0.15, -0.1) is 0 Å². The molecule has 0 amide bonds.